The van der Waals surface area contributed by atoms with Gasteiger partial charge >= 0.3 is 7.12 Å². The van der Waals surface area contributed by atoms with Crippen molar-refractivity contribution in [2.75, 3.05) is 23.8 Å². The molecule has 11 heterocycles. The zero-order valence-electron chi connectivity index (χ0n) is 51.5. The topological polar surface area (TPSA) is 280 Å². The van der Waals surface area contributed by atoms with Gasteiger partial charge in [-0.25, -0.2) is 15.0 Å². The number of hydrogen-bond donors (Lipinski definition) is 5. The van der Waals surface area contributed by atoms with Crippen molar-refractivity contribution in [1.82, 2.24) is 83.6 Å². The van der Waals surface area contributed by atoms with Gasteiger partial charge in [0.05, 0.1) is 89.9 Å². The highest BCUT2D eigenvalue weighted by Crippen LogP contribution is 2.36. The molecule has 0 bridgehead atoms. The maximum Gasteiger partial charge on any atom is 0.492 e. The quantitative estimate of drug-likeness (QED) is 0.0444. The molecule has 0 aliphatic carbocycles. The number of ether oxygens (including phenoxy) is 2. The van der Waals surface area contributed by atoms with E-state index in [1.165, 1.54) is 18.5 Å². The molecule has 0 aliphatic rings. The van der Waals surface area contributed by atoms with Crippen molar-refractivity contribution < 1.29 is 19.5 Å². The van der Waals surface area contributed by atoms with Crippen LogP contribution in [0.5, 0.6) is 11.5 Å². The monoisotopic (exact) mass is 1380 g/mol. The number of aromatic nitrogens is 17. The SMILES string of the molecule is CCOc1cnccc1-c1cc(NCc2ccn(C)n2)c2c(n1)c(C)nn2C(C)C.CCOc1cnccc1B(O)O.Cc1nn(C(C)C)c2c(Br)cc(Br)nc12.Cc1nn(C(C)C)c2c(NCc3ccn(C)n3)cc(Br)nc12.Cn1ccc(CN)n1. The Balaban J connectivity index is 0.000000166. The van der Waals surface area contributed by atoms with Crippen LogP contribution in [0.4, 0.5) is 11.4 Å². The molecule has 0 amide bonds. The molecule has 0 fully saturated rings. The van der Waals surface area contributed by atoms with Crippen LogP contribution >= 0.6 is 47.8 Å². The van der Waals surface area contributed by atoms with E-state index in [0.29, 0.717) is 50.1 Å². The first-order valence-electron chi connectivity index (χ1n) is 28.3. The second-order valence-electron chi connectivity index (χ2n) is 20.8. The summed E-state index contributed by atoms with van der Waals surface area (Å²) in [5, 5.41) is 51.5. The Bertz CT molecular complexity index is 4040. The van der Waals surface area contributed by atoms with Crippen LogP contribution in [0.2, 0.25) is 0 Å². The predicted molar refractivity (Wildman–Crippen MR) is 353 cm³/mol. The fourth-order valence-corrected chi connectivity index (χ4v) is 10.8. The van der Waals surface area contributed by atoms with Gasteiger partial charge in [-0.3, -0.25) is 38.1 Å². The number of pyridine rings is 5. The van der Waals surface area contributed by atoms with Gasteiger partial charge < -0.3 is 35.9 Å². The normalized spacial score (nSPS) is 11.1. The Labute approximate surface area is 531 Å². The summed E-state index contributed by atoms with van der Waals surface area (Å²) in [5.41, 5.74) is 20.9. The summed E-state index contributed by atoms with van der Waals surface area (Å²) < 4.78 is 24.9. The third-order valence-corrected chi connectivity index (χ3v) is 14.4. The van der Waals surface area contributed by atoms with E-state index >= 15 is 0 Å². The first kappa shape index (κ1) is 66.9. The summed E-state index contributed by atoms with van der Waals surface area (Å²) in [7, 11) is 4.21. The minimum Gasteiger partial charge on any atom is -0.493 e. The molecule has 0 spiro atoms. The highest BCUT2D eigenvalue weighted by molar-refractivity contribution is 9.11. The maximum atomic E-state index is 8.88. The molecule has 0 unspecified atom stereocenters. The predicted octanol–water partition coefficient (Wildman–Crippen LogP) is 10.4. The van der Waals surface area contributed by atoms with Gasteiger partial charge in [-0.15, -0.1) is 0 Å². The summed E-state index contributed by atoms with van der Waals surface area (Å²) in [6.45, 7) is 25.3. The molecule has 0 aromatic carbocycles. The molecule has 24 nitrogen and oxygen atoms in total. The number of nitrogens with zero attached hydrogens (tertiary/aromatic N) is 17. The first-order valence-corrected chi connectivity index (χ1v) is 30.7. The lowest BCUT2D eigenvalue weighted by molar-refractivity contribution is 0.338. The molecule has 0 saturated heterocycles. The minimum absolute atomic E-state index is 0.212. The van der Waals surface area contributed by atoms with E-state index < -0.39 is 7.12 Å². The van der Waals surface area contributed by atoms with Gasteiger partial charge in [0.1, 0.15) is 53.8 Å². The van der Waals surface area contributed by atoms with Crippen molar-refractivity contribution in [3.8, 4) is 22.8 Å². The zero-order chi connectivity index (χ0) is 63.2. The highest BCUT2D eigenvalue weighted by atomic mass is 79.9. The van der Waals surface area contributed by atoms with Crippen LogP contribution in [0.1, 0.15) is 108 Å². The van der Waals surface area contributed by atoms with Gasteiger partial charge in [0.25, 0.3) is 0 Å². The van der Waals surface area contributed by atoms with E-state index in [1.54, 1.807) is 26.4 Å². The van der Waals surface area contributed by atoms with Gasteiger partial charge in [0.2, 0.25) is 0 Å². The summed E-state index contributed by atoms with van der Waals surface area (Å²) in [5.74, 6) is 1.13. The van der Waals surface area contributed by atoms with Crippen LogP contribution in [0, 0.1) is 20.8 Å². The lowest BCUT2D eigenvalue weighted by Gasteiger charge is -2.15. The van der Waals surface area contributed by atoms with Crippen LogP contribution < -0.4 is 31.3 Å². The van der Waals surface area contributed by atoms with Crippen LogP contribution in [0.25, 0.3) is 44.4 Å². The van der Waals surface area contributed by atoms with E-state index in [9.17, 15) is 0 Å². The van der Waals surface area contributed by atoms with Crippen molar-refractivity contribution in [1.29, 1.82) is 0 Å². The van der Waals surface area contributed by atoms with E-state index in [4.69, 9.17) is 35.3 Å². The summed E-state index contributed by atoms with van der Waals surface area (Å²) in [4.78, 5) is 22.0. The van der Waals surface area contributed by atoms with Crippen LogP contribution in [-0.4, -0.2) is 114 Å². The molecule has 0 aliphatic heterocycles. The summed E-state index contributed by atoms with van der Waals surface area (Å²) >= 11 is 10.4. The molecule has 460 valence electrons. The van der Waals surface area contributed by atoms with Crippen molar-refractivity contribution >= 4 is 105 Å². The molecular weight excluding hydrogens is 1300 g/mol. The molecule has 0 atom stereocenters. The first-order chi connectivity index (χ1) is 41.5. The van der Waals surface area contributed by atoms with Crippen molar-refractivity contribution in [3.63, 3.8) is 0 Å². The second-order valence-corrected chi connectivity index (χ2v) is 23.3. The molecule has 0 saturated carbocycles. The van der Waals surface area contributed by atoms with Gasteiger partial charge in [-0.05, 0) is 172 Å². The lowest BCUT2D eigenvalue weighted by atomic mass is 9.80. The fraction of sp³-hybridized carbons (Fsp3) is 0.373. The fourth-order valence-electron chi connectivity index (χ4n) is 9.07. The Morgan fingerprint density at radius 3 is 1.43 bits per heavy atom. The molecule has 87 heavy (non-hydrogen) atoms. The maximum absolute atomic E-state index is 8.88. The number of nitrogens with two attached hydrogens (primary N) is 1. The van der Waals surface area contributed by atoms with E-state index in [-0.39, 0.29) is 12.1 Å². The molecule has 6 N–H and O–H groups in total. The standard InChI is InChI=1S/C22H27N7O.C15H19BrN6.C10H11Br2N3.C7H10BNO3.C5H9N3/c1-6-30-20-13-23-9-7-17(20)18-11-19(24-12-16-8-10-28(5)27-16)22-21(25-18)15(4)26-29(22)14(2)3;1-9(2)22-15-12(17-8-11-5-6-21(4)20-11)7-13(16)18-14(15)10(3)19-22;1-5(2)15-10-7(11)4-8(12)13-9(10)6(3)14-15;1-2-12-7-5-9-4-3-6(7)8(10)11;1-8-3-2-5(4-6)7-8/h7-11,13-14H,6,12H2,1-5H3,(H,24,25);5-7,9H,8H2,1-4H3,(H,17,18);4-5H,1-3H3;3-5,10-11H,2H2,1H3;2-3H,4,6H2,1H3. The summed E-state index contributed by atoms with van der Waals surface area (Å²) in [6.07, 6.45) is 12.2. The van der Waals surface area contributed by atoms with Gasteiger partial charge in [0.15, 0.2) is 0 Å². The van der Waals surface area contributed by atoms with E-state index in [1.807, 2.05) is 125 Å². The van der Waals surface area contributed by atoms with Crippen LogP contribution in [-0.2, 0) is 40.8 Å². The Morgan fingerprint density at radius 2 is 0.977 bits per heavy atom. The summed E-state index contributed by atoms with van der Waals surface area (Å²) in [6, 6.07) is 16.2. The third-order valence-electron chi connectivity index (χ3n) is 13.0. The molecule has 28 heteroatoms. The van der Waals surface area contributed by atoms with Gasteiger partial charge in [0, 0.05) is 92.3 Å². The molecule has 11 aromatic heterocycles. The largest absolute Gasteiger partial charge is 0.493 e. The third kappa shape index (κ3) is 17.1. The lowest BCUT2D eigenvalue weighted by Crippen LogP contribution is -2.31. The molecular formula is C59H76BBr3N20O4. The van der Waals surface area contributed by atoms with Gasteiger partial charge in [-0.1, -0.05) is 0 Å². The second kappa shape index (κ2) is 30.8. The Hall–Kier alpha value is -7.63. The Kier molecular flexibility index (Phi) is 23.7. The van der Waals surface area contributed by atoms with Gasteiger partial charge in [-0.2, -0.15) is 30.6 Å². The number of rotatable bonds is 16. The molecule has 11 aromatic rings. The average Bonchev–Trinajstić information content (AvgIpc) is 1.80. The molecule has 0 radical (unpaired) electrons. The van der Waals surface area contributed by atoms with Crippen molar-refractivity contribution in [3.05, 3.63) is 140 Å². The van der Waals surface area contributed by atoms with E-state index in [2.05, 4.69) is 151 Å². The van der Waals surface area contributed by atoms with Crippen molar-refractivity contribution in [2.45, 2.75) is 114 Å². The number of halogens is 3. The number of hydrogen-bond acceptors (Lipinski definition) is 18. The average molecular weight is 1380 g/mol. The Morgan fingerprint density at radius 1 is 0.552 bits per heavy atom. The van der Waals surface area contributed by atoms with Crippen molar-refractivity contribution in [2.24, 2.45) is 26.9 Å². The molecule has 11 rings (SSSR count). The minimum atomic E-state index is -1.51. The number of fused-ring (bicyclic) bond motifs is 3. The highest BCUT2D eigenvalue weighted by Gasteiger charge is 2.21. The zero-order valence-corrected chi connectivity index (χ0v) is 56.3. The number of aryl methyl sites for hydroxylation is 6. The number of nitrogens with one attached hydrogen (secondary N) is 2. The van der Waals surface area contributed by atoms with Crippen LogP contribution in [0.3, 0.4) is 0 Å². The number of anilines is 2. The van der Waals surface area contributed by atoms with E-state index in [0.717, 1.165) is 109 Å². The smallest absolute Gasteiger partial charge is 0.492 e. The van der Waals surface area contributed by atoms with Crippen LogP contribution in [0.15, 0.2) is 106 Å².